The minimum absolute atomic E-state index is 0.152. The topological polar surface area (TPSA) is 26.3 Å². The van der Waals surface area contributed by atoms with Crippen molar-refractivity contribution in [2.45, 2.75) is 40.0 Å². The number of carbonyl (C=O) groups excluding carboxylic acids is 1. The van der Waals surface area contributed by atoms with Crippen LogP contribution in [0.4, 0.5) is 0 Å². The van der Waals surface area contributed by atoms with Crippen LogP contribution in [0.3, 0.4) is 0 Å². The van der Waals surface area contributed by atoms with Gasteiger partial charge in [0.05, 0.1) is 6.61 Å². The summed E-state index contributed by atoms with van der Waals surface area (Å²) < 4.78 is 4.90. The van der Waals surface area contributed by atoms with Gasteiger partial charge in [0.25, 0.3) is 0 Å². The van der Waals surface area contributed by atoms with E-state index in [1.807, 2.05) is 19.9 Å². The van der Waals surface area contributed by atoms with Crippen molar-refractivity contribution in [2.75, 3.05) is 6.61 Å². The van der Waals surface area contributed by atoms with Gasteiger partial charge in [-0.1, -0.05) is 26.3 Å². The molecule has 12 heavy (non-hydrogen) atoms. The lowest BCUT2D eigenvalue weighted by Gasteiger charge is -2.04. The molecule has 0 fully saturated rings. The first kappa shape index (κ1) is 11.2. The molecule has 2 heteroatoms. The van der Waals surface area contributed by atoms with E-state index in [9.17, 15) is 4.79 Å². The molecule has 0 bridgehead atoms. The molecule has 0 atom stereocenters. The van der Waals surface area contributed by atoms with Gasteiger partial charge in [-0.15, -0.1) is 0 Å². The Morgan fingerprint density at radius 3 is 2.42 bits per heavy atom. The van der Waals surface area contributed by atoms with E-state index in [0.717, 1.165) is 24.8 Å². The smallest absolute Gasteiger partial charge is 0.333 e. The molecule has 0 aromatic heterocycles. The normalized spacial score (nSPS) is 11.4. The highest BCUT2D eigenvalue weighted by Gasteiger charge is 2.07. The summed E-state index contributed by atoms with van der Waals surface area (Å²) in [6.45, 7) is 6.37. The van der Waals surface area contributed by atoms with E-state index in [4.69, 9.17) is 4.74 Å². The minimum atomic E-state index is -0.152. The van der Waals surface area contributed by atoms with Crippen LogP contribution >= 0.6 is 0 Å². The van der Waals surface area contributed by atoms with Gasteiger partial charge < -0.3 is 4.74 Å². The molecule has 0 saturated heterocycles. The molecule has 0 aromatic rings. The molecule has 0 rings (SSSR count). The summed E-state index contributed by atoms with van der Waals surface area (Å²) in [6.07, 6.45) is 4.66. The predicted octanol–water partition coefficient (Wildman–Crippen LogP) is 2.69. The van der Waals surface area contributed by atoms with Gasteiger partial charge in [-0.25, -0.2) is 4.79 Å². The Bertz CT molecular complexity index is 159. The molecule has 70 valence electrons. The number of esters is 1. The Morgan fingerprint density at radius 1 is 1.33 bits per heavy atom. The zero-order valence-electron chi connectivity index (χ0n) is 8.22. The number of allylic oxidation sites excluding steroid dienone is 1. The number of hydrogen-bond acceptors (Lipinski definition) is 2. The molecule has 0 aromatic carbocycles. The summed E-state index contributed by atoms with van der Waals surface area (Å²) in [5.74, 6) is -0.152. The van der Waals surface area contributed by atoms with Crippen molar-refractivity contribution < 1.29 is 9.53 Å². The van der Waals surface area contributed by atoms with Crippen molar-refractivity contribution in [3.63, 3.8) is 0 Å². The van der Waals surface area contributed by atoms with Gasteiger partial charge in [-0.3, -0.25) is 0 Å². The molecule has 0 radical (unpaired) electrons. The summed E-state index contributed by atoms with van der Waals surface area (Å²) >= 11 is 0. The Kier molecular flexibility index (Phi) is 6.44. The molecule has 0 saturated carbocycles. The van der Waals surface area contributed by atoms with Crippen LogP contribution in [0.2, 0.25) is 0 Å². The highest BCUT2D eigenvalue weighted by molar-refractivity contribution is 5.88. The summed E-state index contributed by atoms with van der Waals surface area (Å²) in [4.78, 5) is 11.2. The molecule has 0 amide bonds. The maximum absolute atomic E-state index is 11.2. The van der Waals surface area contributed by atoms with Gasteiger partial charge in [0.15, 0.2) is 0 Å². The van der Waals surface area contributed by atoms with E-state index < -0.39 is 0 Å². The molecule has 0 spiro atoms. The fourth-order valence-electron chi connectivity index (χ4n) is 1.03. The number of hydrogen-bond donors (Lipinski definition) is 0. The molecule has 0 heterocycles. The van der Waals surface area contributed by atoms with Crippen LogP contribution in [0.1, 0.15) is 40.0 Å². The molecular formula is C10H18O2. The lowest BCUT2D eigenvalue weighted by atomic mass is 10.1. The van der Waals surface area contributed by atoms with Gasteiger partial charge in [-0.2, -0.15) is 0 Å². The van der Waals surface area contributed by atoms with Gasteiger partial charge in [0.2, 0.25) is 0 Å². The van der Waals surface area contributed by atoms with Gasteiger partial charge >= 0.3 is 5.97 Å². The van der Waals surface area contributed by atoms with Crippen molar-refractivity contribution in [1.82, 2.24) is 0 Å². The molecule has 2 nitrogen and oxygen atoms in total. The maximum atomic E-state index is 11.2. The summed E-state index contributed by atoms with van der Waals surface area (Å²) in [6, 6.07) is 0. The lowest BCUT2D eigenvalue weighted by molar-refractivity contribution is -0.138. The minimum Gasteiger partial charge on any atom is -0.463 e. The second kappa shape index (κ2) is 6.89. The summed E-state index contributed by atoms with van der Waals surface area (Å²) in [7, 11) is 0. The Labute approximate surface area is 74.6 Å². The highest BCUT2D eigenvalue weighted by atomic mass is 16.5. The first-order valence-electron chi connectivity index (χ1n) is 4.62. The standard InChI is InChI=1S/C10H18O2/c1-4-7-9(8-5-2)10(11)12-6-3/h7H,4-6,8H2,1-3H3. The highest BCUT2D eigenvalue weighted by Crippen LogP contribution is 2.08. The fraction of sp³-hybridized carbons (Fsp3) is 0.700. The number of carbonyl (C=O) groups is 1. The Hall–Kier alpha value is -0.790. The third-order valence-corrected chi connectivity index (χ3v) is 1.51. The van der Waals surface area contributed by atoms with Gasteiger partial charge in [0.1, 0.15) is 0 Å². The fourth-order valence-corrected chi connectivity index (χ4v) is 1.03. The molecule has 0 aliphatic rings. The second-order valence-electron chi connectivity index (χ2n) is 2.61. The van der Waals surface area contributed by atoms with Crippen LogP contribution in [-0.4, -0.2) is 12.6 Å². The maximum Gasteiger partial charge on any atom is 0.333 e. The van der Waals surface area contributed by atoms with Crippen LogP contribution in [-0.2, 0) is 9.53 Å². The average Bonchev–Trinajstić information content (AvgIpc) is 2.04. The molecule has 0 aliphatic heterocycles. The molecule has 0 aliphatic carbocycles. The first-order chi connectivity index (χ1) is 5.76. The van der Waals surface area contributed by atoms with Crippen molar-refractivity contribution in [3.05, 3.63) is 11.6 Å². The third-order valence-electron chi connectivity index (χ3n) is 1.51. The second-order valence-corrected chi connectivity index (χ2v) is 2.61. The van der Waals surface area contributed by atoms with Crippen molar-refractivity contribution in [2.24, 2.45) is 0 Å². The Morgan fingerprint density at radius 2 is 2.00 bits per heavy atom. The zero-order valence-corrected chi connectivity index (χ0v) is 8.22. The Balaban J connectivity index is 4.09. The van der Waals surface area contributed by atoms with E-state index >= 15 is 0 Å². The summed E-state index contributed by atoms with van der Waals surface area (Å²) in [5.41, 5.74) is 0.821. The van der Waals surface area contributed by atoms with E-state index in [2.05, 4.69) is 6.92 Å². The van der Waals surface area contributed by atoms with Crippen LogP contribution in [0.25, 0.3) is 0 Å². The average molecular weight is 170 g/mol. The van der Waals surface area contributed by atoms with Crippen molar-refractivity contribution in [3.8, 4) is 0 Å². The first-order valence-corrected chi connectivity index (χ1v) is 4.62. The van der Waals surface area contributed by atoms with Crippen LogP contribution < -0.4 is 0 Å². The van der Waals surface area contributed by atoms with Gasteiger partial charge in [0, 0.05) is 5.57 Å². The number of rotatable bonds is 5. The lowest BCUT2D eigenvalue weighted by Crippen LogP contribution is -2.07. The zero-order chi connectivity index (χ0) is 9.40. The van der Waals surface area contributed by atoms with Crippen molar-refractivity contribution in [1.29, 1.82) is 0 Å². The molecular weight excluding hydrogens is 152 g/mol. The van der Waals surface area contributed by atoms with Crippen LogP contribution in [0, 0.1) is 0 Å². The SMILES string of the molecule is CCC=C(CCC)C(=O)OCC. The van der Waals surface area contributed by atoms with E-state index in [1.54, 1.807) is 0 Å². The van der Waals surface area contributed by atoms with E-state index in [-0.39, 0.29) is 5.97 Å². The molecule has 0 N–H and O–H groups in total. The quantitative estimate of drug-likeness (QED) is 0.468. The third kappa shape index (κ3) is 4.16. The van der Waals surface area contributed by atoms with Crippen molar-refractivity contribution >= 4 is 5.97 Å². The number of ether oxygens (including phenoxy) is 1. The monoisotopic (exact) mass is 170 g/mol. The molecule has 0 unspecified atom stereocenters. The largest absolute Gasteiger partial charge is 0.463 e. The van der Waals surface area contributed by atoms with Crippen LogP contribution in [0.5, 0.6) is 0 Å². The van der Waals surface area contributed by atoms with Crippen LogP contribution in [0.15, 0.2) is 11.6 Å². The summed E-state index contributed by atoms with van der Waals surface area (Å²) in [5, 5.41) is 0. The predicted molar refractivity (Wildman–Crippen MR) is 49.9 cm³/mol. The van der Waals surface area contributed by atoms with E-state index in [1.165, 1.54) is 0 Å². The van der Waals surface area contributed by atoms with Gasteiger partial charge in [-0.05, 0) is 19.8 Å². The van der Waals surface area contributed by atoms with E-state index in [0.29, 0.717) is 6.61 Å².